The summed E-state index contributed by atoms with van der Waals surface area (Å²) >= 11 is 0. The molecular formula is C13H23NO2. The normalized spacial score (nSPS) is 26.7. The first-order valence-electron chi connectivity index (χ1n) is 6.48. The van der Waals surface area contributed by atoms with Crippen LogP contribution in [0.25, 0.3) is 0 Å². The third-order valence-electron chi connectivity index (χ3n) is 4.64. The van der Waals surface area contributed by atoms with Crippen molar-refractivity contribution in [3.8, 4) is 0 Å². The highest BCUT2D eigenvalue weighted by atomic mass is 16.4. The third kappa shape index (κ3) is 1.75. The molecule has 2 rings (SSSR count). The van der Waals surface area contributed by atoms with Crippen molar-refractivity contribution in [2.75, 3.05) is 14.1 Å². The Morgan fingerprint density at radius 3 is 2.12 bits per heavy atom. The zero-order valence-corrected chi connectivity index (χ0v) is 10.4. The van der Waals surface area contributed by atoms with Crippen molar-refractivity contribution in [2.24, 2.45) is 11.3 Å². The Kier molecular flexibility index (Phi) is 3.24. The molecule has 0 bridgehead atoms. The lowest BCUT2D eigenvalue weighted by molar-refractivity contribution is -0.163. The second-order valence-corrected chi connectivity index (χ2v) is 5.77. The van der Waals surface area contributed by atoms with E-state index in [-0.39, 0.29) is 6.04 Å². The van der Waals surface area contributed by atoms with Crippen LogP contribution in [-0.4, -0.2) is 36.1 Å². The van der Waals surface area contributed by atoms with E-state index in [4.69, 9.17) is 0 Å². The van der Waals surface area contributed by atoms with E-state index < -0.39 is 11.4 Å². The quantitative estimate of drug-likeness (QED) is 0.798. The highest BCUT2D eigenvalue weighted by molar-refractivity contribution is 5.76. The highest BCUT2D eigenvalue weighted by Crippen LogP contribution is 2.50. The predicted molar refractivity (Wildman–Crippen MR) is 63.4 cm³/mol. The molecule has 2 fully saturated rings. The Morgan fingerprint density at radius 1 is 1.25 bits per heavy atom. The first kappa shape index (κ1) is 11.9. The van der Waals surface area contributed by atoms with Crippen molar-refractivity contribution in [1.82, 2.24) is 4.90 Å². The smallest absolute Gasteiger partial charge is 0.311 e. The summed E-state index contributed by atoms with van der Waals surface area (Å²) in [6.07, 6.45) is 7.85. The molecule has 0 heterocycles. The number of rotatable bonds is 4. The zero-order valence-electron chi connectivity index (χ0n) is 10.4. The molecule has 2 saturated carbocycles. The van der Waals surface area contributed by atoms with Crippen LogP contribution in [0.4, 0.5) is 0 Å². The van der Waals surface area contributed by atoms with Crippen molar-refractivity contribution in [1.29, 1.82) is 0 Å². The largest absolute Gasteiger partial charge is 0.481 e. The molecule has 1 atom stereocenters. The van der Waals surface area contributed by atoms with Crippen LogP contribution in [0.1, 0.15) is 44.9 Å². The maximum absolute atomic E-state index is 11.6. The number of hydrogen-bond acceptors (Lipinski definition) is 2. The molecular weight excluding hydrogens is 202 g/mol. The molecule has 3 nitrogen and oxygen atoms in total. The van der Waals surface area contributed by atoms with Crippen LogP contribution in [0.3, 0.4) is 0 Å². The summed E-state index contributed by atoms with van der Waals surface area (Å²) in [6.45, 7) is 0. The minimum atomic E-state index is -0.565. The van der Waals surface area contributed by atoms with Crippen LogP contribution in [0.15, 0.2) is 0 Å². The van der Waals surface area contributed by atoms with E-state index >= 15 is 0 Å². The van der Waals surface area contributed by atoms with Gasteiger partial charge in [0.2, 0.25) is 0 Å². The molecule has 0 aromatic rings. The van der Waals surface area contributed by atoms with Crippen molar-refractivity contribution >= 4 is 5.97 Å². The average Bonchev–Trinajstić information content (AvgIpc) is 2.61. The Hall–Kier alpha value is -0.570. The minimum absolute atomic E-state index is 0.251. The molecule has 16 heavy (non-hydrogen) atoms. The zero-order chi connectivity index (χ0) is 11.8. The maximum atomic E-state index is 11.6. The fourth-order valence-electron chi connectivity index (χ4n) is 3.83. The standard InChI is InChI=1S/C13H23NO2/c1-14(2)11(10-6-3-4-7-10)13(12(15)16)8-5-9-13/h10-11H,3-9H2,1-2H3,(H,15,16). The second kappa shape index (κ2) is 4.36. The molecule has 0 aromatic heterocycles. The van der Waals surface area contributed by atoms with Crippen molar-refractivity contribution in [3.05, 3.63) is 0 Å². The van der Waals surface area contributed by atoms with Gasteiger partial charge in [0.05, 0.1) is 5.41 Å². The average molecular weight is 225 g/mol. The Morgan fingerprint density at radius 2 is 1.81 bits per heavy atom. The third-order valence-corrected chi connectivity index (χ3v) is 4.64. The molecule has 0 aliphatic heterocycles. The van der Waals surface area contributed by atoms with Crippen LogP contribution < -0.4 is 0 Å². The molecule has 1 unspecified atom stereocenters. The van der Waals surface area contributed by atoms with E-state index in [1.165, 1.54) is 25.7 Å². The number of aliphatic carboxylic acids is 1. The monoisotopic (exact) mass is 225 g/mol. The number of hydrogen-bond donors (Lipinski definition) is 1. The van der Waals surface area contributed by atoms with Gasteiger partial charge in [0.15, 0.2) is 0 Å². The molecule has 2 aliphatic rings. The molecule has 0 saturated heterocycles. The topological polar surface area (TPSA) is 40.5 Å². The fourth-order valence-corrected chi connectivity index (χ4v) is 3.83. The Labute approximate surface area is 97.8 Å². The van der Waals surface area contributed by atoms with Gasteiger partial charge in [0.1, 0.15) is 0 Å². The summed E-state index contributed by atoms with van der Waals surface area (Å²) in [5, 5.41) is 9.54. The van der Waals surface area contributed by atoms with Crippen LogP contribution in [0, 0.1) is 11.3 Å². The van der Waals surface area contributed by atoms with Crippen molar-refractivity contribution in [2.45, 2.75) is 51.0 Å². The number of carboxylic acids is 1. The second-order valence-electron chi connectivity index (χ2n) is 5.77. The summed E-state index contributed by atoms with van der Waals surface area (Å²) in [5.41, 5.74) is -0.432. The van der Waals surface area contributed by atoms with Crippen molar-refractivity contribution in [3.63, 3.8) is 0 Å². The molecule has 3 heteroatoms. The van der Waals surface area contributed by atoms with Gasteiger partial charge in [-0.2, -0.15) is 0 Å². The van der Waals surface area contributed by atoms with Gasteiger partial charge in [0.25, 0.3) is 0 Å². The summed E-state index contributed by atoms with van der Waals surface area (Å²) in [6, 6.07) is 0.251. The van der Waals surface area contributed by atoms with Crippen LogP contribution >= 0.6 is 0 Å². The van der Waals surface area contributed by atoms with Gasteiger partial charge < -0.3 is 10.0 Å². The molecule has 1 N–H and O–H groups in total. The van der Waals surface area contributed by atoms with Crippen LogP contribution in [-0.2, 0) is 4.79 Å². The van der Waals surface area contributed by atoms with Crippen molar-refractivity contribution < 1.29 is 9.90 Å². The minimum Gasteiger partial charge on any atom is -0.481 e. The first-order chi connectivity index (χ1) is 7.58. The van der Waals surface area contributed by atoms with E-state index in [0.29, 0.717) is 5.92 Å². The van der Waals surface area contributed by atoms with Gasteiger partial charge in [-0.1, -0.05) is 19.3 Å². The van der Waals surface area contributed by atoms with E-state index in [0.717, 1.165) is 19.3 Å². The maximum Gasteiger partial charge on any atom is 0.311 e. The van der Waals surface area contributed by atoms with Crippen LogP contribution in [0.5, 0.6) is 0 Å². The van der Waals surface area contributed by atoms with Gasteiger partial charge in [-0.05, 0) is 45.7 Å². The molecule has 0 aromatic carbocycles. The molecule has 92 valence electrons. The molecule has 2 aliphatic carbocycles. The molecule has 0 amide bonds. The lowest BCUT2D eigenvalue weighted by Crippen LogP contribution is -2.56. The first-order valence-corrected chi connectivity index (χ1v) is 6.48. The van der Waals surface area contributed by atoms with Gasteiger partial charge in [-0.25, -0.2) is 0 Å². The van der Waals surface area contributed by atoms with Gasteiger partial charge >= 0.3 is 5.97 Å². The molecule has 0 radical (unpaired) electrons. The van der Waals surface area contributed by atoms with E-state index in [9.17, 15) is 9.90 Å². The van der Waals surface area contributed by atoms with Gasteiger partial charge in [-0.3, -0.25) is 4.79 Å². The lowest BCUT2D eigenvalue weighted by atomic mass is 9.60. The SMILES string of the molecule is CN(C)C(C1CCCC1)C1(C(=O)O)CCC1. The summed E-state index contributed by atoms with van der Waals surface area (Å²) in [5.74, 6) is 0.0377. The Bertz CT molecular complexity index is 265. The Balaban J connectivity index is 2.20. The van der Waals surface area contributed by atoms with E-state index in [1.54, 1.807) is 0 Å². The lowest BCUT2D eigenvalue weighted by Gasteiger charge is -2.49. The summed E-state index contributed by atoms with van der Waals surface area (Å²) < 4.78 is 0. The van der Waals surface area contributed by atoms with E-state index in [2.05, 4.69) is 4.90 Å². The van der Waals surface area contributed by atoms with Crippen LogP contribution in [0.2, 0.25) is 0 Å². The number of carbonyl (C=O) groups is 1. The predicted octanol–water partition coefficient (Wildman–Crippen LogP) is 2.36. The fraction of sp³-hybridized carbons (Fsp3) is 0.923. The summed E-state index contributed by atoms with van der Waals surface area (Å²) in [7, 11) is 4.10. The van der Waals surface area contributed by atoms with Gasteiger partial charge in [0, 0.05) is 6.04 Å². The highest BCUT2D eigenvalue weighted by Gasteiger charge is 2.54. The van der Waals surface area contributed by atoms with Gasteiger partial charge in [-0.15, -0.1) is 0 Å². The summed E-state index contributed by atoms with van der Waals surface area (Å²) in [4.78, 5) is 13.7. The number of nitrogens with zero attached hydrogens (tertiary/aromatic N) is 1. The molecule has 0 spiro atoms. The number of carboxylic acid groups (broad SMARTS) is 1. The van der Waals surface area contributed by atoms with E-state index in [1.807, 2.05) is 14.1 Å².